The molecule has 1 saturated heterocycles. The van der Waals surface area contributed by atoms with Gasteiger partial charge in [-0.15, -0.1) is 0 Å². The number of amides is 1. The van der Waals surface area contributed by atoms with Crippen LogP contribution in [0.4, 0.5) is 4.79 Å². The molecule has 2 fully saturated rings. The number of nitrogens with one attached hydrogen (secondary N) is 1. The third-order valence-corrected chi connectivity index (χ3v) is 3.54. The summed E-state index contributed by atoms with van der Waals surface area (Å²) in [5.41, 5.74) is 1.00. The zero-order valence-corrected chi connectivity index (χ0v) is 10.2. The van der Waals surface area contributed by atoms with Crippen LogP contribution in [-0.2, 0) is 16.1 Å². The summed E-state index contributed by atoms with van der Waals surface area (Å²) >= 11 is 0. The molecule has 1 saturated carbocycles. The SMILES string of the molecule is O=C(N[C@@H]1CC[C@@H]2O[C@@H]2C1)OCc1ccccc1. The lowest BCUT2D eigenvalue weighted by atomic mass is 9.96. The lowest BCUT2D eigenvalue weighted by Gasteiger charge is -2.19. The molecule has 1 aromatic rings. The molecule has 3 atom stereocenters. The predicted octanol–water partition coefficient (Wildman–Crippen LogP) is 2.23. The number of benzene rings is 1. The largest absolute Gasteiger partial charge is 0.445 e. The summed E-state index contributed by atoms with van der Waals surface area (Å²) in [5.74, 6) is 0. The van der Waals surface area contributed by atoms with Gasteiger partial charge in [0.05, 0.1) is 12.2 Å². The van der Waals surface area contributed by atoms with Gasteiger partial charge >= 0.3 is 6.09 Å². The van der Waals surface area contributed by atoms with E-state index < -0.39 is 0 Å². The van der Waals surface area contributed by atoms with Crippen LogP contribution in [-0.4, -0.2) is 24.3 Å². The Morgan fingerprint density at radius 2 is 2.11 bits per heavy atom. The molecule has 1 aliphatic carbocycles. The van der Waals surface area contributed by atoms with Crippen LogP contribution < -0.4 is 5.32 Å². The van der Waals surface area contributed by atoms with Gasteiger partial charge in [0.1, 0.15) is 6.61 Å². The summed E-state index contributed by atoms with van der Waals surface area (Å²) in [4.78, 5) is 11.6. The fourth-order valence-electron chi connectivity index (χ4n) is 2.47. The number of carbonyl (C=O) groups is 1. The topological polar surface area (TPSA) is 50.9 Å². The van der Waals surface area contributed by atoms with Gasteiger partial charge in [0, 0.05) is 6.04 Å². The zero-order valence-electron chi connectivity index (χ0n) is 10.2. The van der Waals surface area contributed by atoms with E-state index in [9.17, 15) is 4.79 Å². The van der Waals surface area contributed by atoms with Gasteiger partial charge in [-0.05, 0) is 24.8 Å². The fourth-order valence-corrected chi connectivity index (χ4v) is 2.47. The van der Waals surface area contributed by atoms with Crippen LogP contribution in [0.25, 0.3) is 0 Å². The van der Waals surface area contributed by atoms with E-state index in [1.54, 1.807) is 0 Å². The summed E-state index contributed by atoms with van der Waals surface area (Å²) in [5, 5.41) is 2.91. The first-order valence-electron chi connectivity index (χ1n) is 6.44. The first-order chi connectivity index (χ1) is 8.81. The highest BCUT2D eigenvalue weighted by Gasteiger charge is 2.44. The van der Waals surface area contributed by atoms with E-state index in [1.807, 2.05) is 30.3 Å². The van der Waals surface area contributed by atoms with E-state index in [4.69, 9.17) is 9.47 Å². The zero-order chi connectivity index (χ0) is 12.4. The number of epoxide rings is 1. The number of hydrogen-bond donors (Lipinski definition) is 1. The minimum atomic E-state index is -0.331. The Morgan fingerprint density at radius 1 is 1.28 bits per heavy atom. The molecule has 1 N–H and O–H groups in total. The summed E-state index contributed by atoms with van der Waals surface area (Å²) in [6, 6.07) is 9.90. The summed E-state index contributed by atoms with van der Waals surface area (Å²) in [7, 11) is 0. The molecule has 3 rings (SSSR count). The third kappa shape index (κ3) is 2.82. The van der Waals surface area contributed by atoms with Crippen molar-refractivity contribution in [3.8, 4) is 0 Å². The van der Waals surface area contributed by atoms with Crippen molar-refractivity contribution in [1.82, 2.24) is 5.32 Å². The Bertz CT molecular complexity index is 420. The molecule has 0 radical (unpaired) electrons. The highest BCUT2D eigenvalue weighted by Crippen LogP contribution is 2.36. The highest BCUT2D eigenvalue weighted by molar-refractivity contribution is 5.67. The lowest BCUT2D eigenvalue weighted by Crippen LogP contribution is -2.38. The van der Waals surface area contributed by atoms with Crippen molar-refractivity contribution in [2.24, 2.45) is 0 Å². The molecule has 1 aliphatic heterocycles. The molecule has 18 heavy (non-hydrogen) atoms. The van der Waals surface area contributed by atoms with Gasteiger partial charge < -0.3 is 14.8 Å². The van der Waals surface area contributed by atoms with Crippen molar-refractivity contribution in [3.63, 3.8) is 0 Å². The predicted molar refractivity (Wildman–Crippen MR) is 66.1 cm³/mol. The average Bonchev–Trinajstić information content (AvgIpc) is 3.16. The van der Waals surface area contributed by atoms with E-state index in [-0.39, 0.29) is 12.1 Å². The number of fused-ring (bicyclic) bond motifs is 1. The van der Waals surface area contributed by atoms with Crippen LogP contribution in [0.3, 0.4) is 0 Å². The Kier molecular flexibility index (Phi) is 3.19. The molecule has 96 valence electrons. The first-order valence-corrected chi connectivity index (χ1v) is 6.44. The molecule has 4 heteroatoms. The molecule has 1 heterocycles. The number of carbonyl (C=O) groups excluding carboxylic acids is 1. The second kappa shape index (κ2) is 4.98. The number of ether oxygens (including phenoxy) is 2. The molecular formula is C14H17NO3. The molecule has 0 bridgehead atoms. The maximum absolute atomic E-state index is 11.6. The highest BCUT2D eigenvalue weighted by atomic mass is 16.6. The molecule has 0 unspecified atom stereocenters. The van der Waals surface area contributed by atoms with E-state index in [1.165, 1.54) is 0 Å². The van der Waals surface area contributed by atoms with Crippen molar-refractivity contribution >= 4 is 6.09 Å². The molecular weight excluding hydrogens is 230 g/mol. The Morgan fingerprint density at radius 3 is 2.89 bits per heavy atom. The van der Waals surface area contributed by atoms with Gasteiger partial charge in [-0.2, -0.15) is 0 Å². The second-order valence-corrected chi connectivity index (χ2v) is 4.93. The van der Waals surface area contributed by atoms with Gasteiger partial charge in [-0.25, -0.2) is 4.79 Å². The Labute approximate surface area is 106 Å². The van der Waals surface area contributed by atoms with Crippen LogP contribution in [0, 0.1) is 0 Å². The van der Waals surface area contributed by atoms with Crippen molar-refractivity contribution in [2.45, 2.75) is 44.1 Å². The summed E-state index contributed by atoms with van der Waals surface area (Å²) in [6.45, 7) is 0.321. The molecule has 1 amide bonds. The van der Waals surface area contributed by atoms with E-state index in [2.05, 4.69) is 5.32 Å². The minimum absolute atomic E-state index is 0.206. The van der Waals surface area contributed by atoms with Crippen LogP contribution >= 0.6 is 0 Å². The summed E-state index contributed by atoms with van der Waals surface area (Å²) in [6.07, 6.45) is 3.46. The molecule has 2 aliphatic rings. The molecule has 0 spiro atoms. The van der Waals surface area contributed by atoms with Crippen LogP contribution in [0.15, 0.2) is 30.3 Å². The van der Waals surface area contributed by atoms with Gasteiger partial charge in [0.25, 0.3) is 0 Å². The normalized spacial score (nSPS) is 29.2. The second-order valence-electron chi connectivity index (χ2n) is 4.93. The Hall–Kier alpha value is -1.55. The van der Waals surface area contributed by atoms with Gasteiger partial charge in [-0.3, -0.25) is 0 Å². The Balaban J connectivity index is 1.41. The van der Waals surface area contributed by atoms with Crippen LogP contribution in [0.2, 0.25) is 0 Å². The van der Waals surface area contributed by atoms with Gasteiger partial charge in [0.2, 0.25) is 0 Å². The smallest absolute Gasteiger partial charge is 0.407 e. The van der Waals surface area contributed by atoms with Crippen molar-refractivity contribution < 1.29 is 14.3 Å². The van der Waals surface area contributed by atoms with E-state index >= 15 is 0 Å². The van der Waals surface area contributed by atoms with Crippen molar-refractivity contribution in [3.05, 3.63) is 35.9 Å². The van der Waals surface area contributed by atoms with E-state index in [0.717, 1.165) is 24.8 Å². The molecule has 1 aromatic carbocycles. The van der Waals surface area contributed by atoms with Gasteiger partial charge in [-0.1, -0.05) is 30.3 Å². The third-order valence-electron chi connectivity index (χ3n) is 3.54. The van der Waals surface area contributed by atoms with Crippen molar-refractivity contribution in [1.29, 1.82) is 0 Å². The minimum Gasteiger partial charge on any atom is -0.445 e. The molecule has 0 aromatic heterocycles. The first kappa shape index (κ1) is 11.5. The lowest BCUT2D eigenvalue weighted by molar-refractivity contribution is 0.133. The number of alkyl carbamates (subject to hydrolysis) is 1. The van der Waals surface area contributed by atoms with Crippen LogP contribution in [0.1, 0.15) is 24.8 Å². The maximum Gasteiger partial charge on any atom is 0.407 e. The summed E-state index contributed by atoms with van der Waals surface area (Å²) < 4.78 is 10.6. The standard InChI is InChI=1S/C14H17NO3/c16-14(17-9-10-4-2-1-3-5-10)15-11-6-7-12-13(8-11)18-12/h1-5,11-13H,6-9H2,(H,15,16)/t11-,12+,13-/m1/s1. The quantitative estimate of drug-likeness (QED) is 0.833. The average molecular weight is 247 g/mol. The molecule has 4 nitrogen and oxygen atoms in total. The number of rotatable bonds is 3. The monoisotopic (exact) mass is 247 g/mol. The van der Waals surface area contributed by atoms with Gasteiger partial charge in [0.15, 0.2) is 0 Å². The van der Waals surface area contributed by atoms with E-state index in [0.29, 0.717) is 18.8 Å². The van der Waals surface area contributed by atoms with Crippen LogP contribution in [0.5, 0.6) is 0 Å². The maximum atomic E-state index is 11.6. The number of hydrogen-bond acceptors (Lipinski definition) is 3. The fraction of sp³-hybridized carbons (Fsp3) is 0.500. The van der Waals surface area contributed by atoms with Crippen molar-refractivity contribution in [2.75, 3.05) is 0 Å².